The zero-order valence-corrected chi connectivity index (χ0v) is 10.8. The molecule has 108 valence electrons. The SMILES string of the molecule is C#C[C@@]1(N)C(O)[C@@H]([C@@H](C)O)O[C@H]1n1ccc(N)nc1=O. The maximum Gasteiger partial charge on any atom is 0.351 e. The minimum Gasteiger partial charge on any atom is -0.391 e. The summed E-state index contributed by atoms with van der Waals surface area (Å²) < 4.78 is 6.51. The topological polar surface area (TPSA) is 137 Å². The van der Waals surface area contributed by atoms with Crippen LogP contribution in [0.4, 0.5) is 5.82 Å². The van der Waals surface area contributed by atoms with Crippen molar-refractivity contribution in [3.63, 3.8) is 0 Å². The van der Waals surface area contributed by atoms with E-state index < -0.39 is 35.8 Å². The molecule has 20 heavy (non-hydrogen) atoms. The van der Waals surface area contributed by atoms with Crippen molar-refractivity contribution in [2.45, 2.75) is 37.0 Å². The third-order valence-electron chi connectivity index (χ3n) is 3.32. The summed E-state index contributed by atoms with van der Waals surface area (Å²) in [4.78, 5) is 15.4. The second kappa shape index (κ2) is 4.88. The molecule has 0 spiro atoms. The molecular formula is C12H16N4O4. The lowest BCUT2D eigenvalue weighted by Gasteiger charge is -2.27. The molecular weight excluding hydrogens is 264 g/mol. The fourth-order valence-corrected chi connectivity index (χ4v) is 2.19. The predicted molar refractivity (Wildman–Crippen MR) is 70.3 cm³/mol. The number of rotatable bonds is 2. The standard InChI is InChI=1S/C12H16N4O4/c1-3-12(14)9(18)8(6(2)17)20-10(12)16-5-4-7(13)15-11(16)19/h1,4-6,8-10,17-18H,14H2,2H3,(H2,13,15,19)/t6-,8-,9?,10-,12-/m1/s1. The summed E-state index contributed by atoms with van der Waals surface area (Å²) >= 11 is 0. The highest BCUT2D eigenvalue weighted by Gasteiger charge is 2.55. The Labute approximate surface area is 115 Å². The van der Waals surface area contributed by atoms with Crippen LogP contribution in [0.15, 0.2) is 17.1 Å². The fourth-order valence-electron chi connectivity index (χ4n) is 2.19. The van der Waals surface area contributed by atoms with Crippen molar-refractivity contribution in [1.29, 1.82) is 0 Å². The van der Waals surface area contributed by atoms with Crippen LogP contribution in [-0.2, 0) is 4.74 Å². The molecule has 0 radical (unpaired) electrons. The summed E-state index contributed by atoms with van der Waals surface area (Å²) in [6.07, 6.45) is 2.20. The van der Waals surface area contributed by atoms with Crippen molar-refractivity contribution in [1.82, 2.24) is 9.55 Å². The molecule has 1 aromatic rings. The highest BCUT2D eigenvalue weighted by atomic mass is 16.5. The Kier molecular flexibility index (Phi) is 3.54. The molecule has 1 aliphatic rings. The number of terminal acetylenes is 1. The van der Waals surface area contributed by atoms with E-state index in [1.165, 1.54) is 19.2 Å². The first-order chi connectivity index (χ1) is 9.31. The number of aromatic nitrogens is 2. The van der Waals surface area contributed by atoms with E-state index in [0.717, 1.165) is 4.57 Å². The molecule has 1 aromatic heterocycles. The quantitative estimate of drug-likeness (QED) is 0.451. The Morgan fingerprint density at radius 2 is 2.35 bits per heavy atom. The molecule has 1 fully saturated rings. The van der Waals surface area contributed by atoms with Crippen molar-refractivity contribution >= 4 is 5.82 Å². The molecule has 0 amide bonds. The number of hydrogen-bond donors (Lipinski definition) is 4. The molecule has 1 aliphatic heterocycles. The molecule has 2 rings (SSSR count). The first-order valence-electron chi connectivity index (χ1n) is 5.94. The molecule has 0 aliphatic carbocycles. The van der Waals surface area contributed by atoms with Gasteiger partial charge in [-0.1, -0.05) is 5.92 Å². The minimum atomic E-state index is -1.66. The number of nitrogens with zero attached hydrogens (tertiary/aromatic N) is 2. The van der Waals surface area contributed by atoms with Crippen molar-refractivity contribution in [2.24, 2.45) is 5.73 Å². The van der Waals surface area contributed by atoms with Gasteiger partial charge in [0, 0.05) is 6.20 Å². The molecule has 8 nitrogen and oxygen atoms in total. The summed E-state index contributed by atoms with van der Waals surface area (Å²) in [6, 6.07) is 1.38. The Morgan fingerprint density at radius 3 is 2.85 bits per heavy atom. The monoisotopic (exact) mass is 280 g/mol. The van der Waals surface area contributed by atoms with E-state index in [4.69, 9.17) is 22.6 Å². The van der Waals surface area contributed by atoms with Crippen LogP contribution in [0.5, 0.6) is 0 Å². The van der Waals surface area contributed by atoms with E-state index in [2.05, 4.69) is 10.9 Å². The number of aliphatic hydroxyl groups excluding tert-OH is 2. The fraction of sp³-hybridized carbons (Fsp3) is 0.500. The van der Waals surface area contributed by atoms with Gasteiger partial charge in [-0.25, -0.2) is 4.79 Å². The lowest BCUT2D eigenvalue weighted by Crippen LogP contribution is -2.55. The third kappa shape index (κ3) is 2.07. The molecule has 1 unspecified atom stereocenters. The van der Waals surface area contributed by atoms with E-state index in [0.29, 0.717) is 0 Å². The number of hydrogen-bond acceptors (Lipinski definition) is 7. The molecule has 2 heterocycles. The van der Waals surface area contributed by atoms with Crippen LogP contribution in [-0.4, -0.2) is 43.6 Å². The van der Waals surface area contributed by atoms with Crippen LogP contribution >= 0.6 is 0 Å². The Hall–Kier alpha value is -1.92. The van der Waals surface area contributed by atoms with E-state index in [1.807, 2.05) is 0 Å². The smallest absolute Gasteiger partial charge is 0.351 e. The number of aliphatic hydroxyl groups is 2. The summed E-state index contributed by atoms with van der Waals surface area (Å²) in [5.74, 6) is 2.28. The van der Waals surface area contributed by atoms with Crippen LogP contribution in [0.3, 0.4) is 0 Å². The van der Waals surface area contributed by atoms with Gasteiger partial charge in [0.2, 0.25) is 0 Å². The van der Waals surface area contributed by atoms with Gasteiger partial charge in [-0.05, 0) is 13.0 Å². The van der Waals surface area contributed by atoms with Crippen LogP contribution in [0.2, 0.25) is 0 Å². The van der Waals surface area contributed by atoms with E-state index >= 15 is 0 Å². The largest absolute Gasteiger partial charge is 0.391 e. The molecule has 6 N–H and O–H groups in total. The van der Waals surface area contributed by atoms with Crippen LogP contribution < -0.4 is 17.2 Å². The first kappa shape index (κ1) is 14.5. The lowest BCUT2D eigenvalue weighted by atomic mass is 9.90. The maximum atomic E-state index is 11.8. The lowest BCUT2D eigenvalue weighted by molar-refractivity contribution is -0.0778. The Balaban J connectivity index is 2.50. The van der Waals surface area contributed by atoms with E-state index in [9.17, 15) is 15.0 Å². The average Bonchev–Trinajstić information content (AvgIpc) is 2.64. The van der Waals surface area contributed by atoms with E-state index in [-0.39, 0.29) is 5.82 Å². The summed E-state index contributed by atoms with van der Waals surface area (Å²) in [5.41, 5.74) is 9.00. The van der Waals surface area contributed by atoms with Gasteiger partial charge in [-0.3, -0.25) is 4.57 Å². The van der Waals surface area contributed by atoms with Gasteiger partial charge >= 0.3 is 5.69 Å². The Morgan fingerprint density at radius 1 is 1.70 bits per heavy atom. The Bertz CT molecular complexity index is 608. The van der Waals surface area contributed by atoms with Gasteiger partial charge in [0.15, 0.2) is 11.8 Å². The van der Waals surface area contributed by atoms with Crippen molar-refractivity contribution in [2.75, 3.05) is 5.73 Å². The van der Waals surface area contributed by atoms with Crippen molar-refractivity contribution in [3.05, 3.63) is 22.7 Å². The van der Waals surface area contributed by atoms with Gasteiger partial charge in [-0.2, -0.15) is 4.98 Å². The zero-order chi connectivity index (χ0) is 15.1. The summed E-state index contributed by atoms with van der Waals surface area (Å²) in [7, 11) is 0. The zero-order valence-electron chi connectivity index (χ0n) is 10.8. The maximum absolute atomic E-state index is 11.8. The number of nitrogen functional groups attached to an aromatic ring is 1. The van der Waals surface area contributed by atoms with Crippen LogP contribution in [0.25, 0.3) is 0 Å². The average molecular weight is 280 g/mol. The minimum absolute atomic E-state index is 0.0419. The van der Waals surface area contributed by atoms with E-state index in [1.54, 1.807) is 0 Å². The van der Waals surface area contributed by atoms with Gasteiger partial charge in [0.05, 0.1) is 6.10 Å². The summed E-state index contributed by atoms with van der Waals surface area (Å²) in [5, 5.41) is 19.7. The number of ether oxygens (including phenoxy) is 1. The second-order valence-electron chi connectivity index (χ2n) is 4.76. The molecule has 5 atom stereocenters. The second-order valence-corrected chi connectivity index (χ2v) is 4.76. The molecule has 8 heteroatoms. The first-order valence-corrected chi connectivity index (χ1v) is 5.94. The number of nitrogens with two attached hydrogens (primary N) is 2. The molecule has 0 bridgehead atoms. The molecule has 1 saturated heterocycles. The molecule has 0 saturated carbocycles. The van der Waals surface area contributed by atoms with Crippen molar-refractivity contribution < 1.29 is 14.9 Å². The predicted octanol–water partition coefficient (Wildman–Crippen LogP) is -2.20. The van der Waals surface area contributed by atoms with Gasteiger partial charge in [0.1, 0.15) is 18.0 Å². The summed E-state index contributed by atoms with van der Waals surface area (Å²) in [6.45, 7) is 1.43. The van der Waals surface area contributed by atoms with Crippen LogP contribution in [0.1, 0.15) is 13.2 Å². The highest BCUT2D eigenvalue weighted by molar-refractivity contribution is 5.26. The van der Waals surface area contributed by atoms with Gasteiger partial charge < -0.3 is 26.4 Å². The normalized spacial score (nSPS) is 34.6. The highest BCUT2D eigenvalue weighted by Crippen LogP contribution is 2.36. The third-order valence-corrected chi connectivity index (χ3v) is 3.32. The molecule has 0 aromatic carbocycles. The van der Waals surface area contributed by atoms with Gasteiger partial charge in [0.25, 0.3) is 0 Å². The van der Waals surface area contributed by atoms with Crippen molar-refractivity contribution in [3.8, 4) is 12.3 Å². The van der Waals surface area contributed by atoms with Crippen LogP contribution in [0, 0.1) is 12.3 Å². The van der Waals surface area contributed by atoms with Gasteiger partial charge in [-0.15, -0.1) is 6.42 Å². The number of anilines is 1.